The summed E-state index contributed by atoms with van der Waals surface area (Å²) < 4.78 is 7.38. The van der Waals surface area contributed by atoms with Gasteiger partial charge in [-0.25, -0.2) is 0 Å². The number of benzene rings is 1. The Morgan fingerprint density at radius 2 is 2.09 bits per heavy atom. The van der Waals surface area contributed by atoms with Gasteiger partial charge in [-0.2, -0.15) is 5.10 Å². The number of aromatic nitrogens is 2. The maximum absolute atomic E-state index is 12.1. The Morgan fingerprint density at radius 1 is 1.36 bits per heavy atom. The van der Waals surface area contributed by atoms with Gasteiger partial charge in [-0.05, 0) is 30.0 Å². The van der Waals surface area contributed by atoms with Gasteiger partial charge >= 0.3 is 0 Å². The molecule has 1 atom stereocenters. The van der Waals surface area contributed by atoms with Crippen LogP contribution in [0.4, 0.5) is 5.69 Å². The summed E-state index contributed by atoms with van der Waals surface area (Å²) in [5.41, 5.74) is 1.87. The first kappa shape index (κ1) is 16.1. The molecule has 1 heterocycles. The second kappa shape index (κ2) is 6.22. The van der Waals surface area contributed by atoms with Crippen molar-refractivity contribution in [1.29, 1.82) is 0 Å². The molecule has 5 nitrogen and oxygen atoms in total. The number of aryl methyl sites for hydroxylation is 1. The van der Waals surface area contributed by atoms with Gasteiger partial charge in [0.15, 0.2) is 6.10 Å². The average molecular weight is 301 g/mol. The Balaban J connectivity index is 2.02. The van der Waals surface area contributed by atoms with Crippen LogP contribution in [0.15, 0.2) is 36.7 Å². The van der Waals surface area contributed by atoms with E-state index < -0.39 is 6.10 Å². The molecule has 1 N–H and O–H groups in total. The van der Waals surface area contributed by atoms with Crippen LogP contribution in [0.2, 0.25) is 0 Å². The first-order valence-corrected chi connectivity index (χ1v) is 7.32. The van der Waals surface area contributed by atoms with Crippen molar-refractivity contribution in [1.82, 2.24) is 9.78 Å². The van der Waals surface area contributed by atoms with Crippen LogP contribution < -0.4 is 10.1 Å². The quantitative estimate of drug-likeness (QED) is 0.944. The first-order chi connectivity index (χ1) is 10.3. The Hall–Kier alpha value is -2.30. The lowest BCUT2D eigenvalue weighted by Crippen LogP contribution is -2.30. The molecule has 0 spiro atoms. The number of carbonyl (C=O) groups is 1. The van der Waals surface area contributed by atoms with Crippen LogP contribution in [0.1, 0.15) is 33.3 Å². The lowest BCUT2D eigenvalue weighted by Gasteiger charge is -2.21. The molecule has 0 fully saturated rings. The number of hydrogen-bond acceptors (Lipinski definition) is 3. The number of hydrogen-bond donors (Lipinski definition) is 1. The molecule has 1 aromatic heterocycles. The van der Waals surface area contributed by atoms with Gasteiger partial charge in [0.1, 0.15) is 5.75 Å². The third-order valence-corrected chi connectivity index (χ3v) is 3.35. The molecule has 1 unspecified atom stereocenters. The molecule has 2 rings (SSSR count). The smallest absolute Gasteiger partial charge is 0.265 e. The van der Waals surface area contributed by atoms with Crippen molar-refractivity contribution in [3.05, 3.63) is 42.2 Å². The van der Waals surface area contributed by atoms with E-state index in [9.17, 15) is 4.79 Å². The molecule has 0 aliphatic carbocycles. The van der Waals surface area contributed by atoms with Crippen molar-refractivity contribution >= 4 is 11.6 Å². The number of rotatable bonds is 4. The molecule has 5 heteroatoms. The van der Waals surface area contributed by atoms with Crippen molar-refractivity contribution in [2.45, 2.75) is 39.2 Å². The zero-order valence-electron chi connectivity index (χ0n) is 13.8. The summed E-state index contributed by atoms with van der Waals surface area (Å²) in [6.07, 6.45) is 2.76. The van der Waals surface area contributed by atoms with Crippen molar-refractivity contribution in [3.63, 3.8) is 0 Å². The van der Waals surface area contributed by atoms with Gasteiger partial charge in [-0.3, -0.25) is 9.48 Å². The highest BCUT2D eigenvalue weighted by Gasteiger charge is 2.18. The molecular formula is C17H23N3O2. The standard InChI is InChI=1S/C17H23N3O2/c1-12(16(21)19-14-10-18-20(5)11-14)22-15-8-6-7-13(9-15)17(2,3)4/h6-12H,1-5H3,(H,19,21). The number of carbonyl (C=O) groups excluding carboxylic acids is 1. The van der Waals surface area contributed by atoms with Gasteiger partial charge in [-0.15, -0.1) is 0 Å². The summed E-state index contributed by atoms with van der Waals surface area (Å²) >= 11 is 0. The van der Waals surface area contributed by atoms with E-state index >= 15 is 0 Å². The maximum atomic E-state index is 12.1. The predicted octanol–water partition coefficient (Wildman–Crippen LogP) is 3.12. The first-order valence-electron chi connectivity index (χ1n) is 7.32. The molecule has 1 aromatic carbocycles. The van der Waals surface area contributed by atoms with Crippen LogP contribution in [0.25, 0.3) is 0 Å². The molecule has 2 aromatic rings. The monoisotopic (exact) mass is 301 g/mol. The van der Waals surface area contributed by atoms with Crippen molar-refractivity contribution in [2.75, 3.05) is 5.32 Å². The fourth-order valence-electron chi connectivity index (χ4n) is 2.02. The molecule has 0 radical (unpaired) electrons. The highest BCUT2D eigenvalue weighted by atomic mass is 16.5. The third-order valence-electron chi connectivity index (χ3n) is 3.35. The van der Waals surface area contributed by atoms with Crippen LogP contribution >= 0.6 is 0 Å². The molecule has 0 aliphatic heterocycles. The Bertz CT molecular complexity index is 656. The van der Waals surface area contributed by atoms with Crippen molar-refractivity contribution < 1.29 is 9.53 Å². The van der Waals surface area contributed by atoms with E-state index in [1.54, 1.807) is 31.0 Å². The van der Waals surface area contributed by atoms with E-state index in [0.717, 1.165) is 0 Å². The Kier molecular flexibility index (Phi) is 4.54. The van der Waals surface area contributed by atoms with Crippen molar-refractivity contribution in [3.8, 4) is 5.75 Å². The lowest BCUT2D eigenvalue weighted by atomic mass is 9.87. The van der Waals surface area contributed by atoms with Gasteiger partial charge < -0.3 is 10.1 Å². The van der Waals surface area contributed by atoms with Crippen LogP contribution in [-0.4, -0.2) is 21.8 Å². The third kappa shape index (κ3) is 4.10. The molecular weight excluding hydrogens is 278 g/mol. The average Bonchev–Trinajstić information content (AvgIpc) is 2.83. The fourth-order valence-corrected chi connectivity index (χ4v) is 2.02. The Labute approximate surface area is 131 Å². The van der Waals surface area contributed by atoms with Crippen LogP contribution in [0, 0.1) is 0 Å². The molecule has 22 heavy (non-hydrogen) atoms. The summed E-state index contributed by atoms with van der Waals surface area (Å²) in [7, 11) is 1.80. The summed E-state index contributed by atoms with van der Waals surface area (Å²) in [6.45, 7) is 8.16. The highest BCUT2D eigenvalue weighted by Crippen LogP contribution is 2.26. The van der Waals surface area contributed by atoms with Gasteiger partial charge in [0.05, 0.1) is 11.9 Å². The SMILES string of the molecule is CC(Oc1cccc(C(C)(C)C)c1)C(=O)Nc1cnn(C)c1. The molecule has 0 aliphatic rings. The molecule has 118 valence electrons. The minimum absolute atomic E-state index is 0.0422. The number of anilines is 1. The normalized spacial score (nSPS) is 12.8. The summed E-state index contributed by atoms with van der Waals surface area (Å²) in [5.74, 6) is 0.496. The van der Waals surface area contributed by atoms with Crippen LogP contribution in [0.3, 0.4) is 0 Å². The summed E-state index contributed by atoms with van der Waals surface area (Å²) in [6, 6.07) is 7.85. The van der Waals surface area contributed by atoms with Gasteiger partial charge in [0, 0.05) is 13.2 Å². The summed E-state index contributed by atoms with van der Waals surface area (Å²) in [4.78, 5) is 12.1. The van der Waals surface area contributed by atoms with E-state index in [1.807, 2.05) is 18.2 Å². The zero-order chi connectivity index (χ0) is 16.3. The second-order valence-corrected chi connectivity index (χ2v) is 6.43. The van der Waals surface area contributed by atoms with Crippen molar-refractivity contribution in [2.24, 2.45) is 7.05 Å². The second-order valence-electron chi connectivity index (χ2n) is 6.43. The Morgan fingerprint density at radius 3 is 2.68 bits per heavy atom. The molecule has 0 saturated heterocycles. The summed E-state index contributed by atoms with van der Waals surface area (Å²) in [5, 5.41) is 6.79. The molecule has 0 bridgehead atoms. The maximum Gasteiger partial charge on any atom is 0.265 e. The lowest BCUT2D eigenvalue weighted by molar-refractivity contribution is -0.122. The van der Waals surface area contributed by atoms with E-state index in [2.05, 4.69) is 37.3 Å². The van der Waals surface area contributed by atoms with Gasteiger partial charge in [-0.1, -0.05) is 32.9 Å². The molecule has 1 amide bonds. The van der Waals surface area contributed by atoms with Gasteiger partial charge in [0.25, 0.3) is 5.91 Å². The topological polar surface area (TPSA) is 56.1 Å². The number of ether oxygens (including phenoxy) is 1. The van der Waals surface area contributed by atoms with Crippen LogP contribution in [-0.2, 0) is 17.3 Å². The van der Waals surface area contributed by atoms with E-state index in [4.69, 9.17) is 4.74 Å². The number of nitrogens with zero attached hydrogens (tertiary/aromatic N) is 2. The van der Waals surface area contributed by atoms with E-state index in [1.165, 1.54) is 5.56 Å². The predicted molar refractivity (Wildman–Crippen MR) is 87.1 cm³/mol. The zero-order valence-corrected chi connectivity index (χ0v) is 13.8. The fraction of sp³-hybridized carbons (Fsp3) is 0.412. The van der Waals surface area contributed by atoms with E-state index in [-0.39, 0.29) is 11.3 Å². The minimum atomic E-state index is -0.588. The number of amides is 1. The largest absolute Gasteiger partial charge is 0.481 e. The molecule has 0 saturated carbocycles. The number of nitrogens with one attached hydrogen (secondary N) is 1. The van der Waals surface area contributed by atoms with Gasteiger partial charge in [0.2, 0.25) is 0 Å². The van der Waals surface area contributed by atoms with E-state index in [0.29, 0.717) is 11.4 Å². The minimum Gasteiger partial charge on any atom is -0.481 e. The highest BCUT2D eigenvalue weighted by molar-refractivity contribution is 5.93. The van der Waals surface area contributed by atoms with Crippen LogP contribution in [0.5, 0.6) is 5.75 Å².